The lowest BCUT2D eigenvalue weighted by molar-refractivity contribution is -0.139. The zero-order chi connectivity index (χ0) is 8.20. The molecule has 0 fully saturated rings. The molecule has 1 atom stereocenters. The lowest BCUT2D eigenvalue weighted by Crippen LogP contribution is -2.27. The van der Waals surface area contributed by atoms with Crippen LogP contribution in [0.15, 0.2) is 12.7 Å². The van der Waals surface area contributed by atoms with Crippen LogP contribution in [0.1, 0.15) is 19.8 Å². The molecule has 0 radical (unpaired) electrons. The third kappa shape index (κ3) is 3.01. The second-order valence-electron chi connectivity index (χ2n) is 2.33. The summed E-state index contributed by atoms with van der Waals surface area (Å²) < 4.78 is -0.790. The van der Waals surface area contributed by atoms with Gasteiger partial charge in [0.1, 0.15) is 4.32 Å². The fraction of sp³-hybridized carbons (Fsp3) is 0.571. The minimum atomic E-state index is -0.825. The van der Waals surface area contributed by atoms with Crippen molar-refractivity contribution in [2.75, 3.05) is 0 Å². The van der Waals surface area contributed by atoms with Gasteiger partial charge in [0.05, 0.1) is 0 Å². The molecule has 0 bridgehead atoms. The maximum absolute atomic E-state index is 10.4. The van der Waals surface area contributed by atoms with Crippen molar-refractivity contribution in [2.45, 2.75) is 24.1 Å². The molecule has 2 nitrogen and oxygen atoms in total. The topological polar surface area (TPSA) is 37.3 Å². The van der Waals surface area contributed by atoms with Gasteiger partial charge in [-0.05, 0) is 19.8 Å². The first kappa shape index (κ1) is 9.69. The maximum atomic E-state index is 10.4. The van der Waals surface area contributed by atoms with Gasteiger partial charge in [-0.15, -0.1) is 6.58 Å². The first-order valence-corrected chi connectivity index (χ1v) is 3.83. The monoisotopic (exact) mass is 206 g/mol. The van der Waals surface area contributed by atoms with E-state index in [1.54, 1.807) is 13.0 Å². The smallest absolute Gasteiger partial charge is 0.320 e. The number of alkyl halides is 1. The summed E-state index contributed by atoms with van der Waals surface area (Å²) in [6, 6.07) is 0. The van der Waals surface area contributed by atoms with Gasteiger partial charge >= 0.3 is 5.97 Å². The van der Waals surface area contributed by atoms with E-state index in [9.17, 15) is 4.79 Å². The van der Waals surface area contributed by atoms with Crippen LogP contribution in [0.4, 0.5) is 0 Å². The van der Waals surface area contributed by atoms with Gasteiger partial charge in [-0.1, -0.05) is 22.0 Å². The van der Waals surface area contributed by atoms with Crippen LogP contribution in [0.5, 0.6) is 0 Å². The molecule has 1 N–H and O–H groups in total. The Morgan fingerprint density at radius 3 is 2.70 bits per heavy atom. The highest BCUT2D eigenvalue weighted by Gasteiger charge is 2.27. The van der Waals surface area contributed by atoms with E-state index in [1.165, 1.54) is 0 Å². The molecule has 3 heteroatoms. The van der Waals surface area contributed by atoms with Crippen molar-refractivity contribution in [3.05, 3.63) is 12.7 Å². The van der Waals surface area contributed by atoms with Gasteiger partial charge in [-0.3, -0.25) is 4.79 Å². The molecular formula is C7H11BrO2. The van der Waals surface area contributed by atoms with Crippen molar-refractivity contribution in [1.82, 2.24) is 0 Å². The molecule has 0 aliphatic rings. The standard InChI is InChI=1S/C7H11BrO2/c1-3-4-5-7(2,8)6(9)10/h3H,1,4-5H2,2H3,(H,9,10). The minimum absolute atomic E-state index is 0.575. The van der Waals surface area contributed by atoms with E-state index < -0.39 is 10.3 Å². The molecule has 0 saturated heterocycles. The summed E-state index contributed by atoms with van der Waals surface area (Å²) in [7, 11) is 0. The van der Waals surface area contributed by atoms with Crippen LogP contribution < -0.4 is 0 Å². The molecule has 0 aromatic rings. The van der Waals surface area contributed by atoms with Gasteiger partial charge in [0, 0.05) is 0 Å². The van der Waals surface area contributed by atoms with Crippen LogP contribution in [0.3, 0.4) is 0 Å². The summed E-state index contributed by atoms with van der Waals surface area (Å²) >= 11 is 3.10. The zero-order valence-corrected chi connectivity index (χ0v) is 7.52. The van der Waals surface area contributed by atoms with Gasteiger partial charge in [0.2, 0.25) is 0 Å². The van der Waals surface area contributed by atoms with Crippen molar-refractivity contribution in [1.29, 1.82) is 0 Å². The van der Waals surface area contributed by atoms with Gasteiger partial charge in [-0.2, -0.15) is 0 Å². The molecule has 0 amide bonds. The summed E-state index contributed by atoms with van der Waals surface area (Å²) in [4.78, 5) is 10.4. The number of carboxylic acid groups (broad SMARTS) is 1. The highest BCUT2D eigenvalue weighted by atomic mass is 79.9. The Morgan fingerprint density at radius 1 is 1.90 bits per heavy atom. The number of halogens is 1. The van der Waals surface area contributed by atoms with Crippen LogP contribution in [0, 0.1) is 0 Å². The number of carboxylic acids is 1. The van der Waals surface area contributed by atoms with E-state index >= 15 is 0 Å². The molecular weight excluding hydrogens is 196 g/mol. The second-order valence-corrected chi connectivity index (χ2v) is 4.08. The zero-order valence-electron chi connectivity index (χ0n) is 5.93. The summed E-state index contributed by atoms with van der Waals surface area (Å²) in [5.74, 6) is -0.825. The molecule has 0 rings (SSSR count). The van der Waals surface area contributed by atoms with Crippen LogP contribution in [0.2, 0.25) is 0 Å². The average molecular weight is 207 g/mol. The maximum Gasteiger partial charge on any atom is 0.320 e. The predicted molar refractivity (Wildman–Crippen MR) is 44.4 cm³/mol. The van der Waals surface area contributed by atoms with Crippen LogP contribution in [-0.4, -0.2) is 15.4 Å². The normalized spacial score (nSPS) is 15.8. The van der Waals surface area contributed by atoms with Gasteiger partial charge in [0.25, 0.3) is 0 Å². The first-order chi connectivity index (χ1) is 4.50. The van der Waals surface area contributed by atoms with E-state index in [0.717, 1.165) is 0 Å². The molecule has 0 aliphatic heterocycles. The molecule has 0 aromatic carbocycles. The highest BCUT2D eigenvalue weighted by molar-refractivity contribution is 9.10. The minimum Gasteiger partial charge on any atom is -0.480 e. The molecule has 0 spiro atoms. The number of hydrogen-bond donors (Lipinski definition) is 1. The van der Waals surface area contributed by atoms with Crippen LogP contribution >= 0.6 is 15.9 Å². The summed E-state index contributed by atoms with van der Waals surface area (Å²) in [6.45, 7) is 5.15. The van der Waals surface area contributed by atoms with E-state index in [1.807, 2.05) is 0 Å². The van der Waals surface area contributed by atoms with Crippen molar-refractivity contribution >= 4 is 21.9 Å². The Bertz CT molecular complexity index is 141. The lowest BCUT2D eigenvalue weighted by atomic mass is 10.1. The fourth-order valence-corrected chi connectivity index (χ4v) is 0.709. The molecule has 10 heavy (non-hydrogen) atoms. The molecule has 0 aliphatic carbocycles. The molecule has 1 unspecified atom stereocenters. The quantitative estimate of drug-likeness (QED) is 0.566. The van der Waals surface area contributed by atoms with E-state index in [4.69, 9.17) is 5.11 Å². The van der Waals surface area contributed by atoms with Gasteiger partial charge in [0.15, 0.2) is 0 Å². The number of carbonyl (C=O) groups is 1. The van der Waals surface area contributed by atoms with Gasteiger partial charge in [-0.25, -0.2) is 0 Å². The van der Waals surface area contributed by atoms with Crippen LogP contribution in [0.25, 0.3) is 0 Å². The first-order valence-electron chi connectivity index (χ1n) is 3.04. The highest BCUT2D eigenvalue weighted by Crippen LogP contribution is 2.23. The lowest BCUT2D eigenvalue weighted by Gasteiger charge is -2.14. The molecule has 0 heterocycles. The second kappa shape index (κ2) is 3.76. The summed E-state index contributed by atoms with van der Waals surface area (Å²) in [5, 5.41) is 8.59. The SMILES string of the molecule is C=CCCC(C)(Br)C(=O)O. The molecule has 0 saturated carbocycles. The number of hydrogen-bond acceptors (Lipinski definition) is 1. The van der Waals surface area contributed by atoms with Crippen molar-refractivity contribution in [3.8, 4) is 0 Å². The van der Waals surface area contributed by atoms with E-state index in [2.05, 4.69) is 22.5 Å². The number of aliphatic carboxylic acids is 1. The number of allylic oxidation sites excluding steroid dienone is 1. The van der Waals surface area contributed by atoms with Crippen molar-refractivity contribution < 1.29 is 9.90 Å². The Kier molecular flexibility index (Phi) is 3.64. The predicted octanol–water partition coefficient (Wildman–Crippen LogP) is 2.19. The third-order valence-electron chi connectivity index (χ3n) is 1.26. The van der Waals surface area contributed by atoms with Gasteiger partial charge < -0.3 is 5.11 Å². The molecule has 58 valence electrons. The largest absolute Gasteiger partial charge is 0.480 e. The Labute approximate surface area is 69.1 Å². The summed E-state index contributed by atoms with van der Waals surface area (Å²) in [6.07, 6.45) is 3.00. The number of rotatable bonds is 4. The van der Waals surface area contributed by atoms with E-state index in [0.29, 0.717) is 12.8 Å². The summed E-state index contributed by atoms with van der Waals surface area (Å²) in [5.41, 5.74) is 0. The van der Waals surface area contributed by atoms with Crippen LogP contribution in [-0.2, 0) is 4.79 Å². The molecule has 0 aromatic heterocycles. The third-order valence-corrected chi connectivity index (χ3v) is 2.00. The Hall–Kier alpha value is -0.310. The fourth-order valence-electron chi connectivity index (χ4n) is 0.480. The van der Waals surface area contributed by atoms with E-state index in [-0.39, 0.29) is 0 Å². The Morgan fingerprint density at radius 2 is 2.40 bits per heavy atom. The van der Waals surface area contributed by atoms with Crippen molar-refractivity contribution in [3.63, 3.8) is 0 Å². The van der Waals surface area contributed by atoms with Crippen molar-refractivity contribution in [2.24, 2.45) is 0 Å². The Balaban J connectivity index is 3.86. The average Bonchev–Trinajstić information content (AvgIpc) is 1.84.